The van der Waals surface area contributed by atoms with Crippen molar-refractivity contribution in [2.45, 2.75) is 140 Å². The molecule has 1 aromatic carbocycles. The molecule has 3 aromatic heterocycles. The van der Waals surface area contributed by atoms with Crippen LogP contribution in [-0.2, 0) is 27.9 Å². The van der Waals surface area contributed by atoms with Crippen LogP contribution in [0.1, 0.15) is 126 Å². The predicted octanol–water partition coefficient (Wildman–Crippen LogP) is 5.32. The van der Waals surface area contributed by atoms with Gasteiger partial charge in [0.25, 0.3) is 0 Å². The number of imidazole rings is 1. The predicted molar refractivity (Wildman–Crippen MR) is 245 cm³/mol. The Bertz CT molecular complexity index is 2270. The van der Waals surface area contributed by atoms with Gasteiger partial charge < -0.3 is 29.5 Å². The molecule has 3 aliphatic heterocycles. The summed E-state index contributed by atoms with van der Waals surface area (Å²) in [5.41, 5.74) is 4.89. The highest BCUT2D eigenvalue weighted by molar-refractivity contribution is 6.00. The summed E-state index contributed by atoms with van der Waals surface area (Å²) < 4.78 is 11.8. The first-order valence-electron chi connectivity index (χ1n) is 24.2. The number of nitrogens with one attached hydrogen (secondary N) is 2. The van der Waals surface area contributed by atoms with E-state index in [0.29, 0.717) is 24.4 Å². The number of hydrogen-bond acceptors (Lipinski definition) is 11. The summed E-state index contributed by atoms with van der Waals surface area (Å²) in [5.74, 6) is 1.33. The van der Waals surface area contributed by atoms with E-state index in [0.717, 1.165) is 138 Å². The maximum absolute atomic E-state index is 13.1. The molecule has 5 fully saturated rings. The van der Waals surface area contributed by atoms with E-state index < -0.39 is 11.9 Å². The summed E-state index contributed by atoms with van der Waals surface area (Å²) in [6, 6.07) is 6.06. The normalized spacial score (nSPS) is 26.3. The van der Waals surface area contributed by atoms with Crippen LogP contribution in [0.25, 0.3) is 22.1 Å². The van der Waals surface area contributed by atoms with Crippen molar-refractivity contribution in [1.82, 2.24) is 43.7 Å². The van der Waals surface area contributed by atoms with Gasteiger partial charge in [0.2, 0.25) is 17.8 Å². The van der Waals surface area contributed by atoms with Crippen LogP contribution >= 0.6 is 0 Å². The number of aliphatic hydroxyl groups excluding tert-OH is 1. The van der Waals surface area contributed by atoms with Crippen LogP contribution in [0, 0.1) is 5.92 Å². The smallest absolute Gasteiger partial charge is 0.329 e. The van der Waals surface area contributed by atoms with Crippen molar-refractivity contribution >= 4 is 39.8 Å². The number of ether oxygens (including phenoxy) is 1. The van der Waals surface area contributed by atoms with E-state index in [2.05, 4.69) is 56.1 Å². The number of imide groups is 1. The number of piperazine rings is 1. The first kappa shape index (κ1) is 44.1. The Balaban J connectivity index is 0.680. The van der Waals surface area contributed by atoms with Gasteiger partial charge in [0, 0.05) is 109 Å². The number of nitrogens with zero attached hydrogens (tertiary/aromatic N) is 8. The summed E-state index contributed by atoms with van der Waals surface area (Å²) in [7, 11) is 1.74. The Morgan fingerprint density at radius 3 is 2.44 bits per heavy atom. The first-order chi connectivity index (χ1) is 30.6. The molecular weight excluding hydrogens is 797 g/mol. The zero-order valence-electron chi connectivity index (χ0n) is 37.8. The maximum Gasteiger partial charge on any atom is 0.329 e. The van der Waals surface area contributed by atoms with E-state index in [-0.39, 0.29) is 30.2 Å². The van der Waals surface area contributed by atoms with E-state index in [1.165, 1.54) is 47.7 Å². The van der Waals surface area contributed by atoms with Gasteiger partial charge in [-0.3, -0.25) is 28.9 Å². The number of hydrogen-bond donors (Lipinski definition) is 3. The van der Waals surface area contributed by atoms with Crippen molar-refractivity contribution in [2.24, 2.45) is 13.0 Å². The Morgan fingerprint density at radius 2 is 1.70 bits per heavy atom. The molecule has 2 atom stereocenters. The number of aliphatic hydroxyl groups is 1. The molecule has 2 aliphatic carbocycles. The van der Waals surface area contributed by atoms with Crippen molar-refractivity contribution in [3.8, 4) is 0 Å². The van der Waals surface area contributed by atoms with Crippen LogP contribution in [0.3, 0.4) is 0 Å². The molecule has 3 saturated heterocycles. The summed E-state index contributed by atoms with van der Waals surface area (Å²) in [6.45, 7) is 14.6. The number of carbonyl (C=O) groups excluding carboxylic acids is 2. The minimum Gasteiger partial charge on any atom is -0.393 e. The molecule has 0 radical (unpaired) electrons. The third kappa shape index (κ3) is 9.92. The average molecular weight is 867 g/mol. The van der Waals surface area contributed by atoms with Crippen LogP contribution in [0.5, 0.6) is 0 Å². The Morgan fingerprint density at radius 1 is 0.937 bits per heavy atom. The maximum atomic E-state index is 13.1. The number of rotatable bonds is 16. The largest absolute Gasteiger partial charge is 0.393 e. The molecule has 15 nitrogen and oxygen atoms in total. The van der Waals surface area contributed by atoms with Crippen molar-refractivity contribution in [2.75, 3.05) is 64.3 Å². The number of piperidine rings is 1. The molecule has 1 unspecified atom stereocenters. The van der Waals surface area contributed by atoms with Crippen LogP contribution in [0.4, 0.5) is 5.95 Å². The molecule has 9 rings (SSSR count). The monoisotopic (exact) mass is 867 g/mol. The van der Waals surface area contributed by atoms with E-state index >= 15 is 0 Å². The fourth-order valence-electron chi connectivity index (χ4n) is 11.3. The Hall–Kier alpha value is -4.15. The van der Waals surface area contributed by atoms with Gasteiger partial charge >= 0.3 is 5.69 Å². The topological polar surface area (TPSA) is 155 Å². The minimum atomic E-state index is -0.672. The molecule has 342 valence electrons. The minimum absolute atomic E-state index is 0.172. The number of aryl methyl sites for hydroxylation is 1. The van der Waals surface area contributed by atoms with E-state index in [4.69, 9.17) is 14.7 Å². The summed E-state index contributed by atoms with van der Waals surface area (Å²) >= 11 is 0. The van der Waals surface area contributed by atoms with Crippen LogP contribution in [0.15, 0.2) is 35.4 Å². The average Bonchev–Trinajstić information content (AvgIpc) is 3.76. The van der Waals surface area contributed by atoms with Gasteiger partial charge in [-0.1, -0.05) is 19.4 Å². The number of likely N-dealkylation sites (tertiary alicyclic amines) is 1. The Kier molecular flexibility index (Phi) is 13.7. The lowest BCUT2D eigenvalue weighted by molar-refractivity contribution is -0.135. The van der Waals surface area contributed by atoms with Gasteiger partial charge in [-0.15, -0.1) is 0 Å². The number of amides is 2. The fraction of sp³-hybridized carbons (Fsp3) is 0.688. The number of anilines is 1. The fourth-order valence-corrected chi connectivity index (χ4v) is 11.3. The molecular formula is C48H70N10O5. The van der Waals surface area contributed by atoms with E-state index in [1.807, 2.05) is 18.2 Å². The molecule has 4 aromatic rings. The lowest BCUT2D eigenvalue weighted by Gasteiger charge is -2.39. The van der Waals surface area contributed by atoms with Crippen LogP contribution < -0.4 is 16.3 Å². The molecule has 2 saturated carbocycles. The number of aromatic nitrogens is 5. The van der Waals surface area contributed by atoms with Crippen LogP contribution in [-0.4, -0.2) is 133 Å². The van der Waals surface area contributed by atoms with Gasteiger partial charge in [0.15, 0.2) is 0 Å². The summed E-state index contributed by atoms with van der Waals surface area (Å²) in [6.07, 6.45) is 17.1. The lowest BCUT2D eigenvalue weighted by Crippen LogP contribution is -2.51. The first-order valence-corrected chi connectivity index (χ1v) is 24.2. The van der Waals surface area contributed by atoms with Crippen molar-refractivity contribution in [1.29, 1.82) is 0 Å². The second-order valence-electron chi connectivity index (χ2n) is 19.6. The van der Waals surface area contributed by atoms with E-state index in [9.17, 15) is 19.5 Å². The molecule has 15 heteroatoms. The highest BCUT2D eigenvalue weighted by Gasteiger charge is 2.33. The second kappa shape index (κ2) is 19.5. The van der Waals surface area contributed by atoms with Gasteiger partial charge in [-0.2, -0.15) is 4.98 Å². The van der Waals surface area contributed by atoms with Gasteiger partial charge in [0.1, 0.15) is 11.7 Å². The summed E-state index contributed by atoms with van der Waals surface area (Å²) in [4.78, 5) is 55.0. The number of carbonyl (C=O) groups is 2. The van der Waals surface area contributed by atoms with E-state index in [1.54, 1.807) is 11.6 Å². The molecule has 5 aliphatic rings. The molecule has 63 heavy (non-hydrogen) atoms. The molecule has 6 heterocycles. The molecule has 0 spiro atoms. The third-order valence-corrected chi connectivity index (χ3v) is 15.0. The lowest BCUT2D eigenvalue weighted by atomic mass is 9.78. The summed E-state index contributed by atoms with van der Waals surface area (Å²) in [5, 5.41) is 17.4. The second-order valence-corrected chi connectivity index (χ2v) is 19.6. The quantitative estimate of drug-likeness (QED) is 0.0991. The van der Waals surface area contributed by atoms with Crippen molar-refractivity contribution in [3.05, 3.63) is 52.2 Å². The van der Waals surface area contributed by atoms with Crippen molar-refractivity contribution < 1.29 is 19.4 Å². The van der Waals surface area contributed by atoms with Crippen molar-refractivity contribution in [3.63, 3.8) is 0 Å². The molecule has 3 N–H and O–H groups in total. The highest BCUT2D eigenvalue weighted by Crippen LogP contribution is 2.42. The number of fused-ring (bicyclic) bond motifs is 2. The standard InChI is InChI=1S/C48H70N10O5/c1-4-6-32(2)50-47-49-26-39-40(31-57(45(39)52-47)36-12-14-37(59)15-13-36)35-10-7-33(8-11-35)27-55-22-20-54(21-23-55)19-5-24-63-38-29-56(30-38)28-34-9-16-41-43(25-34)53(3)48(62)58(41)42-17-18-44(60)51-46(42)61/h9,16,25-26,31-33,35-38,42,59H,4-8,10-15,17-24,27-30H2,1-3H3,(H,49,50,52)(H,51,60,61)/t32-,33-,35-,36-,37-,42?/m0/s1. The van der Waals surface area contributed by atoms with Gasteiger partial charge in [-0.25, -0.2) is 9.78 Å². The van der Waals surface area contributed by atoms with Gasteiger partial charge in [-0.05, 0) is 113 Å². The Labute approximate surface area is 371 Å². The highest BCUT2D eigenvalue weighted by atomic mass is 16.5. The molecule has 0 bridgehead atoms. The third-order valence-electron chi connectivity index (χ3n) is 15.0. The molecule has 2 amide bonds. The van der Waals surface area contributed by atoms with Crippen LogP contribution in [0.2, 0.25) is 0 Å². The number of benzene rings is 1. The SMILES string of the molecule is CCC[C@H](C)Nc1ncc2c(n1)n([C@H]1CC[C@H](O)CC1)cc2[C@H]1CC[C@H](CN2CCN(CCCOC3CN(Cc4ccc5c(c4)n(C)c(=O)n5C4CCC(=O)NC4=O)C3)CC2)CC1. The van der Waals surface area contributed by atoms with Gasteiger partial charge in [0.05, 0.1) is 23.2 Å². The zero-order valence-corrected chi connectivity index (χ0v) is 37.8. The zero-order chi connectivity index (χ0) is 43.6.